The van der Waals surface area contributed by atoms with Crippen LogP contribution >= 0.6 is 0 Å². The van der Waals surface area contributed by atoms with Crippen LogP contribution in [0.2, 0.25) is 0 Å². The summed E-state index contributed by atoms with van der Waals surface area (Å²) in [5, 5.41) is 7.98. The quantitative estimate of drug-likeness (QED) is 0.329. The maximum atomic E-state index is 11.8. The molecule has 0 saturated carbocycles. The van der Waals surface area contributed by atoms with E-state index >= 15 is 0 Å². The summed E-state index contributed by atoms with van der Waals surface area (Å²) in [6, 6.07) is 11.9. The molecule has 9 heteroatoms. The van der Waals surface area contributed by atoms with E-state index < -0.39 is 5.97 Å². The van der Waals surface area contributed by atoms with E-state index in [0.29, 0.717) is 50.3 Å². The molecular weight excluding hydrogens is 398 g/mol. The van der Waals surface area contributed by atoms with Gasteiger partial charge in [-0.2, -0.15) is 5.41 Å². The van der Waals surface area contributed by atoms with Crippen molar-refractivity contribution in [2.24, 2.45) is 5.73 Å². The number of carbonyl (C=O) groups excluding carboxylic acids is 1. The smallest absolute Gasteiger partial charge is 0.407 e. The lowest BCUT2D eigenvalue weighted by molar-refractivity contribution is -0.419. The molecule has 4 rings (SSSR count). The molecule has 1 atom stereocenters. The molecule has 0 fully saturated rings. The van der Waals surface area contributed by atoms with Crippen LogP contribution in [0.4, 0.5) is 0 Å². The number of pyridine rings is 1. The molecule has 0 radical (unpaired) electrons. The van der Waals surface area contributed by atoms with E-state index in [0.717, 1.165) is 11.1 Å². The molecule has 1 aromatic heterocycles. The van der Waals surface area contributed by atoms with Crippen LogP contribution in [0.25, 0.3) is 0 Å². The van der Waals surface area contributed by atoms with Crippen LogP contribution in [-0.4, -0.2) is 64.9 Å². The Morgan fingerprint density at radius 1 is 1.35 bits per heavy atom. The molecule has 3 N–H and O–H groups in total. The molecule has 0 saturated heterocycles. The van der Waals surface area contributed by atoms with Crippen LogP contribution < -0.4 is 15.2 Å². The van der Waals surface area contributed by atoms with Gasteiger partial charge in [-0.1, -0.05) is 24.3 Å². The first-order chi connectivity index (χ1) is 15.0. The number of nitrogens with one attached hydrogen (secondary N) is 1. The molecule has 0 amide bonds. The molecule has 162 valence electrons. The van der Waals surface area contributed by atoms with Gasteiger partial charge in [-0.05, 0) is 30.2 Å². The van der Waals surface area contributed by atoms with Crippen molar-refractivity contribution in [1.29, 1.82) is 5.41 Å². The fraction of sp³-hybridized carbons (Fsp3) is 0.364. The third-order valence-corrected chi connectivity index (χ3v) is 5.25. The molecule has 0 bridgehead atoms. The number of aromatic nitrogens is 1. The number of nitrogens with two attached hydrogens (primary N) is 1. The number of nitrogens with zero attached hydrogens (tertiary/aromatic N) is 3. The third kappa shape index (κ3) is 4.66. The second kappa shape index (κ2) is 9.13. The van der Waals surface area contributed by atoms with Crippen molar-refractivity contribution in [2.45, 2.75) is 19.6 Å². The second-order valence-electron chi connectivity index (χ2n) is 7.39. The Balaban J connectivity index is 1.36. The van der Waals surface area contributed by atoms with Crippen LogP contribution in [0.1, 0.15) is 24.2 Å². The van der Waals surface area contributed by atoms with Gasteiger partial charge in [-0.25, -0.2) is 14.4 Å². The largest absolute Gasteiger partial charge is 0.484 e. The lowest BCUT2D eigenvalue weighted by Gasteiger charge is -2.27. The van der Waals surface area contributed by atoms with E-state index in [1.54, 1.807) is 13.1 Å². The molecule has 31 heavy (non-hydrogen) atoms. The van der Waals surface area contributed by atoms with Gasteiger partial charge in [0.05, 0.1) is 19.7 Å². The molecule has 3 heterocycles. The summed E-state index contributed by atoms with van der Waals surface area (Å²) in [6.07, 6.45) is 1.49. The van der Waals surface area contributed by atoms with Crippen molar-refractivity contribution in [1.82, 2.24) is 9.88 Å². The number of ether oxygens (including phenoxy) is 3. The monoisotopic (exact) mass is 424 g/mol. The average Bonchev–Trinajstić information content (AvgIpc) is 2.79. The highest BCUT2D eigenvalue weighted by Gasteiger charge is 2.28. The molecule has 2 aliphatic heterocycles. The van der Waals surface area contributed by atoms with Crippen molar-refractivity contribution < 1.29 is 23.6 Å². The van der Waals surface area contributed by atoms with E-state index in [2.05, 4.69) is 22.0 Å². The average molecular weight is 424 g/mol. The first-order valence-corrected chi connectivity index (χ1v) is 10.3. The summed E-state index contributed by atoms with van der Waals surface area (Å²) in [5.41, 5.74) is 8.30. The molecule has 0 aliphatic carbocycles. The summed E-state index contributed by atoms with van der Waals surface area (Å²) in [6.45, 7) is 4.74. The molecule has 2 aliphatic rings. The van der Waals surface area contributed by atoms with Gasteiger partial charge < -0.3 is 19.9 Å². The molecule has 2 aromatic rings. The lowest BCUT2D eigenvalue weighted by Crippen LogP contribution is -2.51. The number of rotatable bonds is 4. The molecule has 9 nitrogen and oxygen atoms in total. The first-order valence-electron chi connectivity index (χ1n) is 10.3. The molecule has 1 aromatic carbocycles. The van der Waals surface area contributed by atoms with E-state index in [4.69, 9.17) is 25.4 Å². The Kier molecular flexibility index (Phi) is 6.13. The molecule has 0 unspecified atom stereocenters. The Morgan fingerprint density at radius 2 is 2.16 bits per heavy atom. The molecular formula is C22H26N5O4+. The summed E-state index contributed by atoms with van der Waals surface area (Å²) >= 11 is 0. The first kappa shape index (κ1) is 20.8. The Hall–Kier alpha value is -3.46. The van der Waals surface area contributed by atoms with Crippen molar-refractivity contribution in [3.05, 3.63) is 53.7 Å². The summed E-state index contributed by atoms with van der Waals surface area (Å²) < 4.78 is 18.1. The van der Waals surface area contributed by atoms with E-state index in [1.165, 1.54) is 4.58 Å². The number of hydrogen-bond acceptors (Lipinski definition) is 8. The van der Waals surface area contributed by atoms with Gasteiger partial charge in [0.2, 0.25) is 5.84 Å². The van der Waals surface area contributed by atoms with Gasteiger partial charge in [-0.3, -0.25) is 4.90 Å². The van der Waals surface area contributed by atoms with Gasteiger partial charge in [0.1, 0.15) is 6.61 Å². The minimum absolute atomic E-state index is 0.196. The Labute approximate surface area is 180 Å². The number of carbonyl (C=O) groups is 1. The van der Waals surface area contributed by atoms with Gasteiger partial charge in [0.25, 0.3) is 5.88 Å². The normalized spacial score (nSPS) is 18.5. The maximum absolute atomic E-state index is 11.8. The van der Waals surface area contributed by atoms with Crippen molar-refractivity contribution in [3.63, 3.8) is 0 Å². The van der Waals surface area contributed by atoms with E-state index in [1.807, 2.05) is 24.3 Å². The summed E-state index contributed by atoms with van der Waals surface area (Å²) in [5.74, 6) is 0.787. The van der Waals surface area contributed by atoms with Crippen molar-refractivity contribution in [2.75, 3.05) is 32.8 Å². The summed E-state index contributed by atoms with van der Waals surface area (Å²) in [4.78, 5) is 18.2. The Morgan fingerprint density at radius 3 is 2.90 bits per heavy atom. The highest BCUT2D eigenvalue weighted by atomic mass is 16.6. The number of fused-ring (bicyclic) bond motifs is 1. The van der Waals surface area contributed by atoms with Gasteiger partial charge in [0, 0.05) is 19.3 Å². The van der Waals surface area contributed by atoms with Gasteiger partial charge in [0.15, 0.2) is 11.9 Å². The van der Waals surface area contributed by atoms with Gasteiger partial charge in [-0.15, -0.1) is 0 Å². The Bertz CT molecular complexity index is 1010. The fourth-order valence-corrected chi connectivity index (χ4v) is 3.65. The predicted octanol–water partition coefficient (Wildman–Crippen LogP) is 1.32. The zero-order valence-corrected chi connectivity index (χ0v) is 17.4. The number of hydrogen-bond donors (Lipinski definition) is 2. The number of amidine groups is 2. The minimum Gasteiger partial charge on any atom is -0.484 e. The van der Waals surface area contributed by atoms with E-state index in [9.17, 15) is 4.79 Å². The lowest BCUT2D eigenvalue weighted by atomic mass is 10.1. The highest BCUT2D eigenvalue weighted by Crippen LogP contribution is 2.33. The van der Waals surface area contributed by atoms with Crippen molar-refractivity contribution in [3.8, 4) is 11.6 Å². The third-order valence-electron chi connectivity index (χ3n) is 5.25. The van der Waals surface area contributed by atoms with Crippen LogP contribution in [-0.2, 0) is 16.1 Å². The van der Waals surface area contributed by atoms with E-state index in [-0.39, 0.29) is 18.5 Å². The zero-order chi connectivity index (χ0) is 21.8. The number of esters is 1. The summed E-state index contributed by atoms with van der Waals surface area (Å²) in [7, 11) is 0. The molecule has 0 spiro atoms. The SMILES string of the molecule is CCOC(=O)C(=N)[N+]1=C(N)CN(Cc2ccc([C@H]3COc4cccnc4O3)cc2)CC1. The van der Waals surface area contributed by atoms with Crippen LogP contribution in [0.15, 0.2) is 42.6 Å². The van der Waals surface area contributed by atoms with Crippen LogP contribution in [0.3, 0.4) is 0 Å². The van der Waals surface area contributed by atoms with Crippen molar-refractivity contribution >= 4 is 17.6 Å². The standard InChI is InChI=1S/C22H25N5O4/c1-2-29-22(28)20(24)27-11-10-26(13-19(27)23)12-15-5-7-16(8-6-15)18-14-30-17-4-3-9-25-21(17)31-18/h3-9,18,23-24H,2,10-14H2,1H3/p+1/t18-/m1/s1. The second-order valence-corrected chi connectivity index (χ2v) is 7.39. The van der Waals surface area contributed by atoms with Crippen LogP contribution in [0.5, 0.6) is 11.6 Å². The zero-order valence-electron chi connectivity index (χ0n) is 17.4. The van der Waals surface area contributed by atoms with Crippen LogP contribution in [0, 0.1) is 5.41 Å². The topological polar surface area (TPSA) is 114 Å². The maximum Gasteiger partial charge on any atom is 0.407 e. The predicted molar refractivity (Wildman–Crippen MR) is 114 cm³/mol. The van der Waals surface area contributed by atoms with Gasteiger partial charge >= 0.3 is 11.8 Å². The number of benzene rings is 1. The minimum atomic E-state index is -0.652. The fourth-order valence-electron chi connectivity index (χ4n) is 3.65. The highest BCUT2D eigenvalue weighted by molar-refractivity contribution is 6.30.